The first-order valence-corrected chi connectivity index (χ1v) is 14.0. The van der Waals surface area contributed by atoms with Gasteiger partial charge in [-0.2, -0.15) is 0 Å². The molecule has 0 aliphatic rings. The third-order valence-electron chi connectivity index (χ3n) is 7.71. The second kappa shape index (κ2) is 10.0. The Hall–Kier alpha value is -5.74. The zero-order valence-electron chi connectivity index (χ0n) is 22.6. The lowest BCUT2D eigenvalue weighted by Gasteiger charge is -2.13. The Balaban J connectivity index is 1.30. The molecule has 0 N–H and O–H groups in total. The van der Waals surface area contributed by atoms with Crippen molar-refractivity contribution in [2.45, 2.75) is 0 Å². The van der Waals surface area contributed by atoms with Crippen molar-refractivity contribution in [2.75, 3.05) is 0 Å². The first-order chi connectivity index (χ1) is 20.8. The second-order valence-electron chi connectivity index (χ2n) is 10.3. The Kier molecular flexibility index (Phi) is 5.75. The van der Waals surface area contributed by atoms with Gasteiger partial charge < -0.3 is 0 Å². The first-order valence-electron chi connectivity index (χ1n) is 14.0. The van der Waals surface area contributed by atoms with E-state index in [2.05, 4.69) is 78.9 Å². The lowest BCUT2D eigenvalue weighted by Crippen LogP contribution is -2.00. The number of para-hydroxylation sites is 1. The van der Waals surface area contributed by atoms with E-state index in [1.807, 2.05) is 66.7 Å². The maximum atomic E-state index is 5.19. The van der Waals surface area contributed by atoms with Crippen molar-refractivity contribution >= 4 is 32.4 Å². The Morgan fingerprint density at radius 1 is 0.310 bits per heavy atom. The highest BCUT2D eigenvalue weighted by Crippen LogP contribution is 2.37. The van der Waals surface area contributed by atoms with E-state index in [4.69, 9.17) is 19.9 Å². The Labute approximate surface area is 243 Å². The number of pyridine rings is 1. The standard InChI is InChI=1S/C38H24N4/c1-3-12-27(13-4-1)36-40-37(28-14-5-2-6-15-28)42-38(41-36)29-21-19-26(20-22-29)35-34-30-16-8-7-11-25(30)23-24-32(34)31-17-9-10-18-33(31)39-35/h1-24H. The summed E-state index contributed by atoms with van der Waals surface area (Å²) in [6, 6.07) is 49.8. The molecule has 0 fully saturated rings. The fraction of sp³-hybridized carbons (Fsp3) is 0. The quantitative estimate of drug-likeness (QED) is 0.210. The van der Waals surface area contributed by atoms with Crippen LogP contribution in [0.1, 0.15) is 0 Å². The maximum absolute atomic E-state index is 5.19. The van der Waals surface area contributed by atoms with Crippen molar-refractivity contribution in [3.8, 4) is 45.4 Å². The highest BCUT2D eigenvalue weighted by atomic mass is 15.0. The molecule has 0 unspecified atom stereocenters. The SMILES string of the molecule is c1ccc(-c2nc(-c3ccccc3)nc(-c3ccc(-c4nc5ccccc5c5ccc6ccccc6c45)cc3)n2)cc1. The zero-order valence-corrected chi connectivity index (χ0v) is 22.6. The number of hydrogen-bond donors (Lipinski definition) is 0. The number of fused-ring (bicyclic) bond motifs is 5. The Morgan fingerprint density at radius 3 is 1.45 bits per heavy atom. The van der Waals surface area contributed by atoms with Crippen LogP contribution in [0.5, 0.6) is 0 Å². The van der Waals surface area contributed by atoms with Crippen molar-refractivity contribution in [3.63, 3.8) is 0 Å². The molecule has 0 aliphatic carbocycles. The minimum Gasteiger partial charge on any atom is -0.247 e. The van der Waals surface area contributed by atoms with Crippen LogP contribution in [0.15, 0.2) is 146 Å². The molecule has 2 heterocycles. The molecule has 0 saturated carbocycles. The van der Waals surface area contributed by atoms with Crippen LogP contribution in [-0.4, -0.2) is 19.9 Å². The Bertz CT molecular complexity index is 2170. The van der Waals surface area contributed by atoms with Crippen molar-refractivity contribution in [1.29, 1.82) is 0 Å². The fourth-order valence-corrected chi connectivity index (χ4v) is 5.65. The molecule has 0 atom stereocenters. The number of aromatic nitrogens is 4. The number of nitrogens with zero attached hydrogens (tertiary/aromatic N) is 4. The summed E-state index contributed by atoms with van der Waals surface area (Å²) >= 11 is 0. The third kappa shape index (κ3) is 4.18. The molecule has 4 nitrogen and oxygen atoms in total. The lowest BCUT2D eigenvalue weighted by atomic mass is 9.95. The summed E-state index contributed by atoms with van der Waals surface area (Å²) < 4.78 is 0. The third-order valence-corrected chi connectivity index (χ3v) is 7.71. The van der Waals surface area contributed by atoms with Gasteiger partial charge in [-0.05, 0) is 22.2 Å². The molecule has 42 heavy (non-hydrogen) atoms. The molecule has 0 spiro atoms. The average molecular weight is 537 g/mol. The van der Waals surface area contributed by atoms with Gasteiger partial charge >= 0.3 is 0 Å². The van der Waals surface area contributed by atoms with Gasteiger partial charge in [0.15, 0.2) is 17.5 Å². The molecule has 6 aromatic carbocycles. The van der Waals surface area contributed by atoms with Crippen LogP contribution in [0.2, 0.25) is 0 Å². The van der Waals surface area contributed by atoms with E-state index in [1.54, 1.807) is 0 Å². The van der Waals surface area contributed by atoms with Gasteiger partial charge in [-0.25, -0.2) is 19.9 Å². The van der Waals surface area contributed by atoms with E-state index in [9.17, 15) is 0 Å². The summed E-state index contributed by atoms with van der Waals surface area (Å²) in [5.74, 6) is 1.94. The molecular formula is C38H24N4. The van der Waals surface area contributed by atoms with Crippen molar-refractivity contribution < 1.29 is 0 Å². The molecule has 0 bridgehead atoms. The van der Waals surface area contributed by atoms with Crippen molar-refractivity contribution in [2.24, 2.45) is 0 Å². The summed E-state index contributed by atoms with van der Waals surface area (Å²) in [6.07, 6.45) is 0. The molecule has 0 aliphatic heterocycles. The van der Waals surface area contributed by atoms with Crippen LogP contribution in [0.25, 0.3) is 77.9 Å². The van der Waals surface area contributed by atoms with E-state index in [-0.39, 0.29) is 0 Å². The zero-order chi connectivity index (χ0) is 27.9. The largest absolute Gasteiger partial charge is 0.247 e. The summed E-state index contributed by atoms with van der Waals surface area (Å²) in [6.45, 7) is 0. The van der Waals surface area contributed by atoms with Crippen molar-refractivity contribution in [3.05, 3.63) is 146 Å². The maximum Gasteiger partial charge on any atom is 0.164 e. The van der Waals surface area contributed by atoms with Gasteiger partial charge in [0, 0.05) is 33.0 Å². The van der Waals surface area contributed by atoms with Gasteiger partial charge in [-0.1, -0.05) is 140 Å². The normalized spacial score (nSPS) is 11.3. The monoisotopic (exact) mass is 536 g/mol. The van der Waals surface area contributed by atoms with E-state index in [0.29, 0.717) is 17.5 Å². The lowest BCUT2D eigenvalue weighted by molar-refractivity contribution is 1.07. The van der Waals surface area contributed by atoms with E-state index < -0.39 is 0 Å². The van der Waals surface area contributed by atoms with Crippen LogP contribution in [0, 0.1) is 0 Å². The van der Waals surface area contributed by atoms with Crippen LogP contribution >= 0.6 is 0 Å². The summed E-state index contributed by atoms with van der Waals surface area (Å²) in [4.78, 5) is 19.8. The van der Waals surface area contributed by atoms with E-state index >= 15 is 0 Å². The van der Waals surface area contributed by atoms with Gasteiger partial charge in [0.25, 0.3) is 0 Å². The van der Waals surface area contributed by atoms with Crippen molar-refractivity contribution in [1.82, 2.24) is 19.9 Å². The topological polar surface area (TPSA) is 51.6 Å². The molecule has 0 radical (unpaired) electrons. The van der Waals surface area contributed by atoms with Gasteiger partial charge in [0.2, 0.25) is 0 Å². The summed E-state index contributed by atoms with van der Waals surface area (Å²) in [5.41, 5.74) is 5.83. The summed E-state index contributed by atoms with van der Waals surface area (Å²) in [7, 11) is 0. The minimum absolute atomic E-state index is 0.635. The van der Waals surface area contributed by atoms with Gasteiger partial charge in [-0.3, -0.25) is 0 Å². The average Bonchev–Trinajstić information content (AvgIpc) is 3.08. The van der Waals surface area contributed by atoms with Crippen LogP contribution in [0.4, 0.5) is 0 Å². The van der Waals surface area contributed by atoms with Gasteiger partial charge in [0.05, 0.1) is 11.2 Å². The van der Waals surface area contributed by atoms with Gasteiger partial charge in [0.1, 0.15) is 0 Å². The van der Waals surface area contributed by atoms with Crippen LogP contribution in [-0.2, 0) is 0 Å². The predicted octanol–water partition coefficient (Wildman–Crippen LogP) is 9.39. The molecule has 2 aromatic heterocycles. The highest BCUT2D eigenvalue weighted by molar-refractivity contribution is 6.21. The molecular weight excluding hydrogens is 512 g/mol. The molecule has 0 saturated heterocycles. The molecule has 8 rings (SSSR count). The van der Waals surface area contributed by atoms with Crippen LogP contribution in [0.3, 0.4) is 0 Å². The smallest absolute Gasteiger partial charge is 0.164 e. The molecule has 0 amide bonds. The number of hydrogen-bond acceptors (Lipinski definition) is 4. The minimum atomic E-state index is 0.635. The predicted molar refractivity (Wildman–Crippen MR) is 172 cm³/mol. The highest BCUT2D eigenvalue weighted by Gasteiger charge is 2.15. The fourth-order valence-electron chi connectivity index (χ4n) is 5.65. The number of benzene rings is 6. The van der Waals surface area contributed by atoms with Crippen LogP contribution < -0.4 is 0 Å². The van der Waals surface area contributed by atoms with E-state index in [0.717, 1.165) is 44.2 Å². The Morgan fingerprint density at radius 2 is 0.810 bits per heavy atom. The number of rotatable bonds is 4. The molecule has 196 valence electrons. The first kappa shape index (κ1) is 24.1. The van der Waals surface area contributed by atoms with E-state index in [1.165, 1.54) is 16.2 Å². The summed E-state index contributed by atoms with van der Waals surface area (Å²) in [5, 5.41) is 5.93. The molecule has 4 heteroatoms. The molecule has 8 aromatic rings. The second-order valence-corrected chi connectivity index (χ2v) is 10.3. The van der Waals surface area contributed by atoms with Gasteiger partial charge in [-0.15, -0.1) is 0 Å².